The predicted molar refractivity (Wildman–Crippen MR) is 110 cm³/mol. The van der Waals surface area contributed by atoms with Gasteiger partial charge >= 0.3 is 0 Å². The Morgan fingerprint density at radius 3 is 2.31 bits per heavy atom. The number of amides is 2. The standard InChI is InChI=1S/C23H21N3O3/c27-21-17-9-2-1-8-16(17)20(24-25-21)13-14-6-5-7-15(12-14)26-22(28)18-10-3-4-11-19(18)23(26)29/h1-2,5-9,12,18-19H,3-4,10-11,13H2,(H,25,27). The number of aromatic amines is 1. The van der Waals surface area contributed by atoms with E-state index in [1.54, 1.807) is 6.07 Å². The number of anilines is 1. The molecule has 2 unspecified atom stereocenters. The number of carbonyl (C=O) groups excluding carboxylic acids is 2. The fourth-order valence-corrected chi connectivity index (χ4v) is 4.72. The van der Waals surface area contributed by atoms with Gasteiger partial charge in [0.1, 0.15) is 0 Å². The average Bonchev–Trinajstić information content (AvgIpc) is 3.01. The molecule has 5 rings (SSSR count). The molecule has 1 aromatic heterocycles. The number of imide groups is 1. The largest absolute Gasteiger partial charge is 0.274 e. The maximum atomic E-state index is 12.9. The topological polar surface area (TPSA) is 83.1 Å². The molecule has 1 saturated heterocycles. The molecule has 2 heterocycles. The number of aromatic nitrogens is 2. The Kier molecular flexibility index (Phi) is 4.27. The summed E-state index contributed by atoms with van der Waals surface area (Å²) >= 11 is 0. The molecule has 1 aliphatic carbocycles. The first kappa shape index (κ1) is 17.8. The van der Waals surface area contributed by atoms with Crippen LogP contribution in [-0.2, 0) is 16.0 Å². The summed E-state index contributed by atoms with van der Waals surface area (Å²) in [4.78, 5) is 39.2. The lowest BCUT2D eigenvalue weighted by Gasteiger charge is -2.19. The Morgan fingerprint density at radius 2 is 1.59 bits per heavy atom. The van der Waals surface area contributed by atoms with E-state index in [-0.39, 0.29) is 29.2 Å². The maximum absolute atomic E-state index is 12.9. The number of hydrogen-bond acceptors (Lipinski definition) is 4. The van der Waals surface area contributed by atoms with Crippen molar-refractivity contribution in [2.45, 2.75) is 32.1 Å². The second-order valence-corrected chi connectivity index (χ2v) is 7.90. The van der Waals surface area contributed by atoms with Crippen LogP contribution in [0.3, 0.4) is 0 Å². The normalized spacial score (nSPS) is 21.6. The van der Waals surface area contributed by atoms with Gasteiger partial charge in [0, 0.05) is 11.8 Å². The van der Waals surface area contributed by atoms with Crippen molar-refractivity contribution in [1.29, 1.82) is 0 Å². The van der Waals surface area contributed by atoms with Crippen molar-refractivity contribution in [3.8, 4) is 0 Å². The first-order valence-electron chi connectivity index (χ1n) is 10.1. The molecular weight excluding hydrogens is 366 g/mol. The van der Waals surface area contributed by atoms with E-state index in [9.17, 15) is 14.4 Å². The molecule has 2 atom stereocenters. The third kappa shape index (κ3) is 2.95. The SMILES string of the molecule is O=C1C2CCCCC2C(=O)N1c1cccc(Cc2n[nH]c(=O)c3ccccc23)c1. The Bertz CT molecular complexity index is 1160. The van der Waals surface area contributed by atoms with Crippen molar-refractivity contribution in [3.05, 3.63) is 70.1 Å². The van der Waals surface area contributed by atoms with Crippen molar-refractivity contribution in [2.75, 3.05) is 4.90 Å². The van der Waals surface area contributed by atoms with Crippen molar-refractivity contribution < 1.29 is 9.59 Å². The maximum Gasteiger partial charge on any atom is 0.272 e. The summed E-state index contributed by atoms with van der Waals surface area (Å²) in [6.07, 6.45) is 4.13. The van der Waals surface area contributed by atoms with Crippen LogP contribution < -0.4 is 10.5 Å². The first-order chi connectivity index (χ1) is 14.1. The summed E-state index contributed by atoms with van der Waals surface area (Å²) < 4.78 is 0. The van der Waals surface area contributed by atoms with Gasteiger partial charge in [0.2, 0.25) is 11.8 Å². The van der Waals surface area contributed by atoms with E-state index >= 15 is 0 Å². The number of rotatable bonds is 3. The summed E-state index contributed by atoms with van der Waals surface area (Å²) in [6, 6.07) is 14.9. The van der Waals surface area contributed by atoms with E-state index in [1.165, 1.54) is 4.90 Å². The number of nitrogens with one attached hydrogen (secondary N) is 1. The van der Waals surface area contributed by atoms with Crippen LogP contribution in [0.15, 0.2) is 53.3 Å². The smallest absolute Gasteiger partial charge is 0.272 e. The molecule has 2 aromatic carbocycles. The van der Waals surface area contributed by atoms with Gasteiger partial charge in [-0.25, -0.2) is 5.10 Å². The quantitative estimate of drug-likeness (QED) is 0.700. The molecule has 0 spiro atoms. The van der Waals surface area contributed by atoms with Crippen LogP contribution in [0, 0.1) is 11.8 Å². The molecule has 0 bridgehead atoms. The van der Waals surface area contributed by atoms with Gasteiger partial charge in [0.15, 0.2) is 0 Å². The lowest BCUT2D eigenvalue weighted by Crippen LogP contribution is -2.30. The van der Waals surface area contributed by atoms with E-state index in [2.05, 4.69) is 10.2 Å². The summed E-state index contributed by atoms with van der Waals surface area (Å²) in [5, 5.41) is 8.20. The van der Waals surface area contributed by atoms with Crippen molar-refractivity contribution >= 4 is 28.3 Å². The van der Waals surface area contributed by atoms with Gasteiger partial charge < -0.3 is 0 Å². The highest BCUT2D eigenvalue weighted by molar-refractivity contribution is 6.22. The molecule has 0 radical (unpaired) electrons. The zero-order valence-corrected chi connectivity index (χ0v) is 15.9. The lowest BCUT2D eigenvalue weighted by atomic mass is 9.81. The zero-order chi connectivity index (χ0) is 20.0. The fourth-order valence-electron chi connectivity index (χ4n) is 4.72. The summed E-state index contributed by atoms with van der Waals surface area (Å²) in [5.41, 5.74) is 2.10. The van der Waals surface area contributed by atoms with Crippen LogP contribution in [0.2, 0.25) is 0 Å². The van der Waals surface area contributed by atoms with E-state index in [0.29, 0.717) is 17.5 Å². The van der Waals surface area contributed by atoms with E-state index < -0.39 is 0 Å². The predicted octanol–water partition coefficient (Wildman–Crippen LogP) is 3.19. The highest BCUT2D eigenvalue weighted by Crippen LogP contribution is 2.40. The molecule has 146 valence electrons. The van der Waals surface area contributed by atoms with Crippen LogP contribution in [0.5, 0.6) is 0 Å². The van der Waals surface area contributed by atoms with Crippen LogP contribution in [-0.4, -0.2) is 22.0 Å². The molecule has 1 aliphatic heterocycles. The van der Waals surface area contributed by atoms with Gasteiger partial charge in [-0.05, 0) is 36.6 Å². The van der Waals surface area contributed by atoms with Crippen molar-refractivity contribution in [2.24, 2.45) is 11.8 Å². The van der Waals surface area contributed by atoms with Gasteiger partial charge in [-0.2, -0.15) is 5.10 Å². The Morgan fingerprint density at radius 1 is 0.897 bits per heavy atom. The monoisotopic (exact) mass is 387 g/mol. The number of fused-ring (bicyclic) bond motifs is 2. The van der Waals surface area contributed by atoms with E-state index in [1.807, 2.05) is 42.5 Å². The van der Waals surface area contributed by atoms with Crippen molar-refractivity contribution in [1.82, 2.24) is 10.2 Å². The molecule has 2 aliphatic rings. The minimum atomic E-state index is -0.214. The second-order valence-electron chi connectivity index (χ2n) is 7.90. The molecule has 2 amide bonds. The lowest BCUT2D eigenvalue weighted by molar-refractivity contribution is -0.122. The molecular formula is C23H21N3O3. The van der Waals surface area contributed by atoms with Crippen LogP contribution in [0.1, 0.15) is 36.9 Å². The van der Waals surface area contributed by atoms with E-state index in [4.69, 9.17) is 0 Å². The summed E-state index contributed by atoms with van der Waals surface area (Å²) in [5.74, 6) is -0.455. The Hall–Kier alpha value is -3.28. The molecule has 1 N–H and O–H groups in total. The van der Waals surface area contributed by atoms with Gasteiger partial charge in [-0.15, -0.1) is 0 Å². The molecule has 29 heavy (non-hydrogen) atoms. The fraction of sp³-hybridized carbons (Fsp3) is 0.304. The van der Waals surface area contributed by atoms with Gasteiger partial charge in [-0.1, -0.05) is 43.2 Å². The highest BCUT2D eigenvalue weighted by atomic mass is 16.2. The highest BCUT2D eigenvalue weighted by Gasteiger charge is 2.48. The van der Waals surface area contributed by atoms with Gasteiger partial charge in [-0.3, -0.25) is 19.3 Å². The molecule has 2 fully saturated rings. The Balaban J connectivity index is 1.49. The average molecular weight is 387 g/mol. The zero-order valence-electron chi connectivity index (χ0n) is 15.9. The minimum absolute atomic E-state index is 0.0653. The molecule has 6 nitrogen and oxygen atoms in total. The first-order valence-corrected chi connectivity index (χ1v) is 10.1. The van der Waals surface area contributed by atoms with Gasteiger partial charge in [0.25, 0.3) is 5.56 Å². The minimum Gasteiger partial charge on any atom is -0.274 e. The second kappa shape index (κ2) is 6.95. The summed E-state index contributed by atoms with van der Waals surface area (Å²) in [7, 11) is 0. The third-order valence-electron chi connectivity index (χ3n) is 6.16. The van der Waals surface area contributed by atoms with Crippen molar-refractivity contribution in [3.63, 3.8) is 0 Å². The molecule has 3 aromatic rings. The molecule has 6 heteroatoms. The third-order valence-corrected chi connectivity index (χ3v) is 6.16. The van der Waals surface area contributed by atoms with Crippen LogP contribution >= 0.6 is 0 Å². The van der Waals surface area contributed by atoms with E-state index in [0.717, 1.165) is 42.3 Å². The Labute approximate surface area is 167 Å². The summed E-state index contributed by atoms with van der Waals surface area (Å²) in [6.45, 7) is 0. The number of carbonyl (C=O) groups is 2. The molecule has 1 saturated carbocycles. The number of benzene rings is 2. The van der Waals surface area contributed by atoms with Gasteiger partial charge in [0.05, 0.1) is 28.6 Å². The number of nitrogens with zero attached hydrogens (tertiary/aromatic N) is 2. The van der Waals surface area contributed by atoms with Crippen LogP contribution in [0.4, 0.5) is 5.69 Å². The number of hydrogen-bond donors (Lipinski definition) is 1. The number of H-pyrrole nitrogens is 1. The van der Waals surface area contributed by atoms with Crippen LogP contribution in [0.25, 0.3) is 10.8 Å².